The topological polar surface area (TPSA) is 81.4 Å². The molecule has 0 aliphatic carbocycles. The van der Waals surface area contributed by atoms with Crippen molar-refractivity contribution >= 4 is 27.4 Å². The molecular weight excluding hydrogens is 394 g/mol. The van der Waals surface area contributed by atoms with Gasteiger partial charge in [0.2, 0.25) is 0 Å². The summed E-state index contributed by atoms with van der Waals surface area (Å²) in [6.45, 7) is 2.05. The zero-order valence-electron chi connectivity index (χ0n) is 16.5. The molecule has 4 heterocycles. The summed E-state index contributed by atoms with van der Waals surface area (Å²) in [5.41, 5.74) is 2.98. The first-order chi connectivity index (χ1) is 14.7. The minimum atomic E-state index is -0.0873. The largest absolute Gasteiger partial charge is 0.360 e. The molecule has 0 fully saturated rings. The van der Waals surface area contributed by atoms with Gasteiger partial charge in [0.25, 0.3) is 0 Å². The standard InChI is InChI=1S/C22H19N7S/c1-14(21-28-24-13-29(21)2)25-20-18-16(15-8-4-3-5-9-15)12-30-22(18)27-19(26-20)17-10-6-7-11-23-17/h3-14H,1-2H3,(H,25,26,27)/t14-/m0/s1. The zero-order valence-corrected chi connectivity index (χ0v) is 17.3. The van der Waals surface area contributed by atoms with Crippen LogP contribution in [0.1, 0.15) is 18.8 Å². The van der Waals surface area contributed by atoms with Gasteiger partial charge >= 0.3 is 0 Å². The maximum Gasteiger partial charge on any atom is 0.181 e. The number of hydrogen-bond donors (Lipinski definition) is 1. The first-order valence-electron chi connectivity index (χ1n) is 9.57. The van der Waals surface area contributed by atoms with Crippen molar-refractivity contribution < 1.29 is 0 Å². The van der Waals surface area contributed by atoms with Crippen molar-refractivity contribution in [2.24, 2.45) is 7.05 Å². The van der Waals surface area contributed by atoms with Crippen molar-refractivity contribution in [3.05, 3.63) is 72.3 Å². The Labute approximate surface area is 177 Å². The lowest BCUT2D eigenvalue weighted by Crippen LogP contribution is -2.13. The Morgan fingerprint density at radius 2 is 1.87 bits per heavy atom. The quantitative estimate of drug-likeness (QED) is 0.449. The predicted octanol–water partition coefficient (Wildman–Crippen LogP) is 4.72. The Morgan fingerprint density at radius 1 is 1.03 bits per heavy atom. The Kier molecular flexibility index (Phi) is 4.68. The summed E-state index contributed by atoms with van der Waals surface area (Å²) in [6.07, 6.45) is 3.45. The summed E-state index contributed by atoms with van der Waals surface area (Å²) in [4.78, 5) is 15.0. The van der Waals surface area contributed by atoms with E-state index in [2.05, 4.69) is 38.0 Å². The predicted molar refractivity (Wildman–Crippen MR) is 119 cm³/mol. The number of aryl methyl sites for hydroxylation is 1. The van der Waals surface area contributed by atoms with E-state index in [4.69, 9.17) is 9.97 Å². The minimum absolute atomic E-state index is 0.0873. The van der Waals surface area contributed by atoms with Gasteiger partial charge in [0.1, 0.15) is 22.7 Å². The summed E-state index contributed by atoms with van der Waals surface area (Å²) < 4.78 is 1.90. The monoisotopic (exact) mass is 413 g/mol. The van der Waals surface area contributed by atoms with Crippen molar-refractivity contribution in [1.29, 1.82) is 0 Å². The molecule has 1 N–H and O–H groups in total. The second-order valence-electron chi connectivity index (χ2n) is 6.97. The van der Waals surface area contributed by atoms with E-state index in [-0.39, 0.29) is 6.04 Å². The van der Waals surface area contributed by atoms with E-state index in [0.29, 0.717) is 5.82 Å². The van der Waals surface area contributed by atoms with Gasteiger partial charge in [-0.05, 0) is 24.6 Å². The van der Waals surface area contributed by atoms with E-state index >= 15 is 0 Å². The van der Waals surface area contributed by atoms with Gasteiger partial charge in [0.15, 0.2) is 11.6 Å². The van der Waals surface area contributed by atoms with Crippen molar-refractivity contribution in [2.45, 2.75) is 13.0 Å². The molecule has 5 aromatic rings. The van der Waals surface area contributed by atoms with Crippen LogP contribution in [0.2, 0.25) is 0 Å². The van der Waals surface area contributed by atoms with Gasteiger partial charge in [-0.3, -0.25) is 4.98 Å². The molecule has 5 rings (SSSR count). The molecule has 0 spiro atoms. The Hall–Kier alpha value is -3.65. The van der Waals surface area contributed by atoms with Crippen molar-refractivity contribution in [3.63, 3.8) is 0 Å². The number of hydrogen-bond acceptors (Lipinski definition) is 7. The average molecular weight is 414 g/mol. The van der Waals surface area contributed by atoms with E-state index in [1.54, 1.807) is 23.9 Å². The number of nitrogens with one attached hydrogen (secondary N) is 1. The zero-order chi connectivity index (χ0) is 20.5. The van der Waals surface area contributed by atoms with Crippen LogP contribution in [0.5, 0.6) is 0 Å². The minimum Gasteiger partial charge on any atom is -0.360 e. The Balaban J connectivity index is 1.68. The molecule has 1 aromatic carbocycles. The third kappa shape index (κ3) is 3.31. The normalized spacial score (nSPS) is 12.2. The number of benzene rings is 1. The van der Waals surface area contributed by atoms with Crippen LogP contribution in [-0.2, 0) is 7.05 Å². The highest BCUT2D eigenvalue weighted by Gasteiger charge is 2.20. The summed E-state index contributed by atoms with van der Waals surface area (Å²) in [5.74, 6) is 2.19. The molecule has 0 bridgehead atoms. The summed E-state index contributed by atoms with van der Waals surface area (Å²) in [6, 6.07) is 16.0. The molecule has 0 saturated heterocycles. The SMILES string of the molecule is C[C@H](Nc1nc(-c2ccccn2)nc2scc(-c3ccccc3)c12)c1nncn1C. The van der Waals surface area contributed by atoms with E-state index in [1.807, 2.05) is 54.9 Å². The van der Waals surface area contributed by atoms with Gasteiger partial charge < -0.3 is 9.88 Å². The second-order valence-corrected chi connectivity index (χ2v) is 7.83. The van der Waals surface area contributed by atoms with Gasteiger partial charge in [-0.2, -0.15) is 0 Å². The maximum absolute atomic E-state index is 4.87. The van der Waals surface area contributed by atoms with Gasteiger partial charge in [-0.1, -0.05) is 36.4 Å². The molecule has 1 atom stereocenters. The maximum atomic E-state index is 4.87. The van der Waals surface area contributed by atoms with E-state index in [1.165, 1.54) is 0 Å². The number of anilines is 1. The highest BCUT2D eigenvalue weighted by Crippen LogP contribution is 2.38. The number of fused-ring (bicyclic) bond motifs is 1. The van der Waals surface area contributed by atoms with Gasteiger partial charge in [0.05, 0.1) is 11.4 Å². The number of nitrogens with zero attached hydrogens (tertiary/aromatic N) is 6. The van der Waals surface area contributed by atoms with Crippen LogP contribution < -0.4 is 5.32 Å². The molecule has 30 heavy (non-hydrogen) atoms. The van der Waals surface area contributed by atoms with E-state index in [0.717, 1.165) is 38.7 Å². The van der Waals surface area contributed by atoms with E-state index < -0.39 is 0 Å². The van der Waals surface area contributed by atoms with Crippen molar-refractivity contribution in [1.82, 2.24) is 29.7 Å². The molecule has 0 radical (unpaired) electrons. The average Bonchev–Trinajstić information content (AvgIpc) is 3.41. The molecular formula is C22H19N7S. The third-order valence-electron chi connectivity index (χ3n) is 4.90. The Bertz CT molecular complexity index is 1300. The lowest BCUT2D eigenvalue weighted by atomic mass is 10.1. The van der Waals surface area contributed by atoms with Gasteiger partial charge in [0, 0.05) is 24.2 Å². The lowest BCUT2D eigenvalue weighted by molar-refractivity contribution is 0.717. The molecule has 7 nitrogen and oxygen atoms in total. The number of rotatable bonds is 5. The summed E-state index contributed by atoms with van der Waals surface area (Å²) in [7, 11) is 1.93. The molecule has 0 unspecified atom stereocenters. The van der Waals surface area contributed by atoms with Crippen LogP contribution in [0.3, 0.4) is 0 Å². The lowest BCUT2D eigenvalue weighted by Gasteiger charge is -2.16. The first kappa shape index (κ1) is 18.4. The molecule has 0 aliphatic rings. The van der Waals surface area contributed by atoms with E-state index in [9.17, 15) is 0 Å². The highest BCUT2D eigenvalue weighted by molar-refractivity contribution is 7.17. The van der Waals surface area contributed by atoms with Crippen LogP contribution in [-0.4, -0.2) is 29.7 Å². The molecule has 0 aliphatic heterocycles. The first-order valence-corrected chi connectivity index (χ1v) is 10.4. The fourth-order valence-corrected chi connectivity index (χ4v) is 4.39. The number of aromatic nitrogens is 6. The van der Waals surface area contributed by atoms with Crippen LogP contribution in [0, 0.1) is 0 Å². The third-order valence-corrected chi connectivity index (χ3v) is 5.77. The smallest absolute Gasteiger partial charge is 0.181 e. The molecule has 0 amide bonds. The molecule has 148 valence electrons. The van der Waals surface area contributed by atoms with Crippen LogP contribution >= 0.6 is 11.3 Å². The highest BCUT2D eigenvalue weighted by atomic mass is 32.1. The molecule has 8 heteroatoms. The van der Waals surface area contributed by atoms with Crippen molar-refractivity contribution in [2.75, 3.05) is 5.32 Å². The molecule has 4 aromatic heterocycles. The molecule has 0 saturated carbocycles. The summed E-state index contributed by atoms with van der Waals surface area (Å²) >= 11 is 1.61. The van der Waals surface area contributed by atoms with Crippen LogP contribution in [0.15, 0.2) is 66.4 Å². The second kappa shape index (κ2) is 7.64. The fourth-order valence-electron chi connectivity index (χ4n) is 3.44. The van der Waals surface area contributed by atoms with Crippen LogP contribution in [0.25, 0.3) is 32.9 Å². The van der Waals surface area contributed by atoms with Crippen molar-refractivity contribution in [3.8, 4) is 22.6 Å². The van der Waals surface area contributed by atoms with Gasteiger partial charge in [-0.15, -0.1) is 21.5 Å². The van der Waals surface area contributed by atoms with Gasteiger partial charge in [-0.25, -0.2) is 9.97 Å². The fraction of sp³-hybridized carbons (Fsp3) is 0.136. The summed E-state index contributed by atoms with van der Waals surface area (Å²) in [5, 5.41) is 14.9. The Morgan fingerprint density at radius 3 is 2.60 bits per heavy atom. The van der Waals surface area contributed by atoms with Crippen LogP contribution in [0.4, 0.5) is 5.82 Å². The number of thiophene rings is 1. The number of pyridine rings is 1.